The van der Waals surface area contributed by atoms with Gasteiger partial charge >= 0.3 is 0 Å². The van der Waals surface area contributed by atoms with Crippen LogP contribution in [0.3, 0.4) is 0 Å². The van der Waals surface area contributed by atoms with Crippen molar-refractivity contribution in [3.05, 3.63) is 35.4 Å². The number of rotatable bonds is 4. The van der Waals surface area contributed by atoms with Gasteiger partial charge in [-0.3, -0.25) is 15.6 Å². The van der Waals surface area contributed by atoms with Crippen LogP contribution in [0, 0.1) is 0 Å². The first-order valence-electron chi connectivity index (χ1n) is 4.03. The third-order valence-electron chi connectivity index (χ3n) is 1.74. The molecule has 13 heavy (non-hydrogen) atoms. The average Bonchev–Trinajstić information content (AvgIpc) is 2.15. The van der Waals surface area contributed by atoms with Crippen LogP contribution >= 0.6 is 0 Å². The van der Waals surface area contributed by atoms with Crippen LogP contribution in [0.25, 0.3) is 0 Å². The quantitative estimate of drug-likeness (QED) is 0.570. The molecule has 0 saturated carbocycles. The van der Waals surface area contributed by atoms with E-state index in [-0.39, 0.29) is 0 Å². The lowest BCUT2D eigenvalue weighted by molar-refractivity contribution is 0.0999. The Morgan fingerprint density at radius 2 is 2.15 bits per heavy atom. The summed E-state index contributed by atoms with van der Waals surface area (Å²) in [6, 6.07) is 7.25. The van der Waals surface area contributed by atoms with Crippen molar-refractivity contribution in [3.8, 4) is 0 Å². The van der Waals surface area contributed by atoms with Crippen molar-refractivity contribution < 1.29 is 4.79 Å². The van der Waals surface area contributed by atoms with E-state index in [0.29, 0.717) is 12.1 Å². The SMILES string of the molecule is CNNCc1ccccc1C(N)=O. The fraction of sp³-hybridized carbons (Fsp3) is 0.222. The van der Waals surface area contributed by atoms with Gasteiger partial charge in [0.05, 0.1) is 0 Å². The summed E-state index contributed by atoms with van der Waals surface area (Å²) in [5.74, 6) is -0.395. The number of hydrazine groups is 1. The van der Waals surface area contributed by atoms with Gasteiger partial charge < -0.3 is 5.73 Å². The first-order chi connectivity index (χ1) is 6.25. The molecule has 0 radical (unpaired) electrons. The number of benzene rings is 1. The largest absolute Gasteiger partial charge is 0.366 e. The number of nitrogens with two attached hydrogens (primary N) is 1. The lowest BCUT2D eigenvalue weighted by Gasteiger charge is -2.06. The molecule has 4 N–H and O–H groups in total. The number of primary amides is 1. The van der Waals surface area contributed by atoms with Crippen molar-refractivity contribution in [2.75, 3.05) is 7.05 Å². The highest BCUT2D eigenvalue weighted by Crippen LogP contribution is 2.06. The van der Waals surface area contributed by atoms with Crippen LogP contribution in [0.2, 0.25) is 0 Å². The monoisotopic (exact) mass is 179 g/mol. The predicted octanol–water partition coefficient (Wildman–Crippen LogP) is 0.00950. The number of carbonyl (C=O) groups excluding carboxylic acids is 1. The van der Waals surface area contributed by atoms with E-state index >= 15 is 0 Å². The van der Waals surface area contributed by atoms with E-state index in [9.17, 15) is 4.79 Å². The predicted molar refractivity (Wildman–Crippen MR) is 50.9 cm³/mol. The standard InChI is InChI=1S/C9H13N3O/c1-11-12-6-7-4-2-3-5-8(7)9(10)13/h2-5,11-12H,6H2,1H3,(H2,10,13). The molecule has 0 unspecified atom stereocenters. The van der Waals surface area contributed by atoms with E-state index < -0.39 is 5.91 Å². The highest BCUT2D eigenvalue weighted by Gasteiger charge is 2.05. The van der Waals surface area contributed by atoms with Gasteiger partial charge in [-0.2, -0.15) is 0 Å². The molecule has 0 aromatic heterocycles. The zero-order valence-electron chi connectivity index (χ0n) is 7.50. The summed E-state index contributed by atoms with van der Waals surface area (Å²) in [4.78, 5) is 11.0. The van der Waals surface area contributed by atoms with E-state index in [4.69, 9.17) is 5.73 Å². The fourth-order valence-corrected chi connectivity index (χ4v) is 1.10. The summed E-state index contributed by atoms with van der Waals surface area (Å²) in [6.45, 7) is 0.579. The lowest BCUT2D eigenvalue weighted by Crippen LogP contribution is -2.28. The second-order valence-corrected chi connectivity index (χ2v) is 2.62. The molecule has 0 aliphatic heterocycles. The normalized spacial score (nSPS) is 9.92. The second kappa shape index (κ2) is 4.59. The van der Waals surface area contributed by atoms with Gasteiger partial charge in [0.15, 0.2) is 0 Å². The summed E-state index contributed by atoms with van der Waals surface area (Å²) in [5, 5.41) is 0. The molecule has 4 nitrogen and oxygen atoms in total. The Labute approximate surface area is 77.1 Å². The van der Waals surface area contributed by atoms with Crippen LogP contribution in [0.4, 0.5) is 0 Å². The Kier molecular flexibility index (Phi) is 3.42. The van der Waals surface area contributed by atoms with Gasteiger partial charge in [0.1, 0.15) is 0 Å². The summed E-state index contributed by atoms with van der Waals surface area (Å²) in [6.07, 6.45) is 0. The van der Waals surface area contributed by atoms with Gasteiger partial charge in [-0.1, -0.05) is 18.2 Å². The molecule has 1 rings (SSSR count). The lowest BCUT2D eigenvalue weighted by atomic mass is 10.1. The van der Waals surface area contributed by atoms with Crippen LogP contribution < -0.4 is 16.6 Å². The Hall–Kier alpha value is -1.39. The molecule has 0 heterocycles. The minimum Gasteiger partial charge on any atom is -0.366 e. The molecule has 1 aromatic rings. The maximum absolute atomic E-state index is 11.0. The highest BCUT2D eigenvalue weighted by molar-refractivity contribution is 5.94. The Morgan fingerprint density at radius 1 is 1.46 bits per heavy atom. The molecule has 1 aromatic carbocycles. The van der Waals surface area contributed by atoms with E-state index in [1.807, 2.05) is 12.1 Å². The van der Waals surface area contributed by atoms with E-state index in [0.717, 1.165) is 5.56 Å². The van der Waals surface area contributed by atoms with Crippen LogP contribution in [-0.2, 0) is 6.54 Å². The molecular weight excluding hydrogens is 166 g/mol. The maximum Gasteiger partial charge on any atom is 0.249 e. The number of hydrogen-bond donors (Lipinski definition) is 3. The molecule has 70 valence electrons. The van der Waals surface area contributed by atoms with Gasteiger partial charge in [0.25, 0.3) is 0 Å². The topological polar surface area (TPSA) is 67.2 Å². The fourth-order valence-electron chi connectivity index (χ4n) is 1.10. The summed E-state index contributed by atoms with van der Waals surface area (Å²) in [5.41, 5.74) is 12.3. The first-order valence-corrected chi connectivity index (χ1v) is 4.03. The molecule has 0 fully saturated rings. The van der Waals surface area contributed by atoms with Crippen molar-refractivity contribution in [2.45, 2.75) is 6.54 Å². The molecule has 0 bridgehead atoms. The zero-order chi connectivity index (χ0) is 9.68. The molecular formula is C9H13N3O. The number of nitrogens with one attached hydrogen (secondary N) is 2. The number of hydrogen-bond acceptors (Lipinski definition) is 3. The van der Waals surface area contributed by atoms with Gasteiger partial charge in [-0.15, -0.1) is 0 Å². The van der Waals surface area contributed by atoms with Crippen molar-refractivity contribution in [1.82, 2.24) is 10.9 Å². The van der Waals surface area contributed by atoms with Gasteiger partial charge in [0.2, 0.25) is 5.91 Å². The first kappa shape index (κ1) is 9.70. The van der Waals surface area contributed by atoms with Gasteiger partial charge in [-0.05, 0) is 18.7 Å². The second-order valence-electron chi connectivity index (χ2n) is 2.62. The number of carbonyl (C=O) groups is 1. The van der Waals surface area contributed by atoms with E-state index in [1.54, 1.807) is 19.2 Å². The molecule has 0 saturated heterocycles. The molecule has 0 atom stereocenters. The summed E-state index contributed by atoms with van der Waals surface area (Å²) >= 11 is 0. The van der Waals surface area contributed by atoms with Crippen LogP contribution in [0.15, 0.2) is 24.3 Å². The van der Waals surface area contributed by atoms with E-state index in [1.165, 1.54) is 0 Å². The Bertz CT molecular complexity index is 299. The summed E-state index contributed by atoms with van der Waals surface area (Å²) < 4.78 is 0. The zero-order valence-corrected chi connectivity index (χ0v) is 7.50. The Morgan fingerprint density at radius 3 is 2.77 bits per heavy atom. The van der Waals surface area contributed by atoms with Crippen molar-refractivity contribution in [3.63, 3.8) is 0 Å². The maximum atomic E-state index is 11.0. The molecule has 0 spiro atoms. The summed E-state index contributed by atoms with van der Waals surface area (Å²) in [7, 11) is 1.77. The third kappa shape index (κ3) is 2.54. The third-order valence-corrected chi connectivity index (χ3v) is 1.74. The molecule has 4 heteroatoms. The minimum absolute atomic E-state index is 0.395. The van der Waals surface area contributed by atoms with Crippen molar-refractivity contribution in [2.24, 2.45) is 5.73 Å². The van der Waals surface area contributed by atoms with Crippen molar-refractivity contribution >= 4 is 5.91 Å². The molecule has 0 aliphatic rings. The van der Waals surface area contributed by atoms with Crippen LogP contribution in [-0.4, -0.2) is 13.0 Å². The van der Waals surface area contributed by atoms with Crippen LogP contribution in [0.1, 0.15) is 15.9 Å². The molecule has 0 aliphatic carbocycles. The average molecular weight is 179 g/mol. The van der Waals surface area contributed by atoms with E-state index in [2.05, 4.69) is 10.9 Å². The smallest absolute Gasteiger partial charge is 0.249 e. The molecule has 1 amide bonds. The van der Waals surface area contributed by atoms with Gasteiger partial charge in [-0.25, -0.2) is 0 Å². The Balaban J connectivity index is 2.84. The highest BCUT2D eigenvalue weighted by atomic mass is 16.1. The van der Waals surface area contributed by atoms with Crippen LogP contribution in [0.5, 0.6) is 0 Å². The minimum atomic E-state index is -0.395. The van der Waals surface area contributed by atoms with Crippen molar-refractivity contribution in [1.29, 1.82) is 0 Å². The number of amides is 1. The van der Waals surface area contributed by atoms with Gasteiger partial charge in [0, 0.05) is 12.1 Å².